The van der Waals surface area contributed by atoms with Crippen LogP contribution >= 0.6 is 15.9 Å². The molecule has 1 aromatic carbocycles. The van der Waals surface area contributed by atoms with E-state index < -0.39 is 11.4 Å². The fourth-order valence-electron chi connectivity index (χ4n) is 3.40. The molecule has 0 amide bonds. The van der Waals surface area contributed by atoms with E-state index in [-0.39, 0.29) is 0 Å². The molecule has 2 aliphatic carbocycles. The van der Waals surface area contributed by atoms with Gasteiger partial charge in [-0.25, -0.2) is 0 Å². The molecule has 1 aromatic rings. The molecule has 0 atom stereocenters. The molecule has 0 bridgehead atoms. The Kier molecular flexibility index (Phi) is 3.53. The van der Waals surface area contributed by atoms with Gasteiger partial charge in [0.05, 0.1) is 17.0 Å². The lowest BCUT2D eigenvalue weighted by Gasteiger charge is -2.20. The van der Waals surface area contributed by atoms with Crippen molar-refractivity contribution < 1.29 is 14.6 Å². The Balaban J connectivity index is 2.07. The molecule has 2 aliphatic rings. The Hall–Kier alpha value is -1.03. The molecular formula is C16H19BrO3. The van der Waals surface area contributed by atoms with E-state index in [0.717, 1.165) is 28.6 Å². The fraction of sp³-hybridized carbons (Fsp3) is 0.562. The first kappa shape index (κ1) is 13.9. The Morgan fingerprint density at radius 2 is 2.00 bits per heavy atom. The minimum absolute atomic E-state index is 0.505. The average molecular weight is 339 g/mol. The van der Waals surface area contributed by atoms with Gasteiger partial charge in [-0.2, -0.15) is 0 Å². The number of rotatable bonds is 4. The summed E-state index contributed by atoms with van der Waals surface area (Å²) in [7, 11) is 1.68. The molecule has 3 nitrogen and oxygen atoms in total. The van der Waals surface area contributed by atoms with Crippen LogP contribution in [0.2, 0.25) is 0 Å². The summed E-state index contributed by atoms with van der Waals surface area (Å²) in [4.78, 5) is 11.5. The number of methoxy groups -OCH3 is 1. The highest BCUT2D eigenvalue weighted by molar-refractivity contribution is 9.10. The van der Waals surface area contributed by atoms with Crippen LogP contribution in [0.25, 0.3) is 0 Å². The molecule has 108 valence electrons. The third-order valence-electron chi connectivity index (χ3n) is 4.78. The zero-order chi connectivity index (χ0) is 14.3. The van der Waals surface area contributed by atoms with E-state index >= 15 is 0 Å². The lowest BCUT2D eigenvalue weighted by molar-refractivity contribution is -0.140. The average Bonchev–Trinajstić information content (AvgIpc) is 3.06. The van der Waals surface area contributed by atoms with Gasteiger partial charge in [-0.15, -0.1) is 0 Å². The topological polar surface area (TPSA) is 46.5 Å². The van der Waals surface area contributed by atoms with E-state index in [0.29, 0.717) is 5.92 Å². The first-order valence-corrected chi connectivity index (χ1v) is 7.99. The lowest BCUT2D eigenvalue weighted by Crippen LogP contribution is -2.20. The second kappa shape index (κ2) is 5.06. The van der Waals surface area contributed by atoms with Crippen LogP contribution in [0.5, 0.6) is 5.75 Å². The van der Waals surface area contributed by atoms with Crippen LogP contribution in [0, 0.1) is 0 Å². The number of carboxylic acids is 1. The summed E-state index contributed by atoms with van der Waals surface area (Å²) in [5, 5.41) is 9.48. The SMILES string of the molecule is COc1c(Br)cc(C2(C(=O)O)CC2)cc1C1CCCC1. The van der Waals surface area contributed by atoms with E-state index in [1.165, 1.54) is 31.2 Å². The molecule has 4 heteroatoms. The van der Waals surface area contributed by atoms with Crippen LogP contribution < -0.4 is 4.74 Å². The molecule has 0 aromatic heterocycles. The Morgan fingerprint density at radius 1 is 1.35 bits per heavy atom. The van der Waals surface area contributed by atoms with Gasteiger partial charge in [0.15, 0.2) is 0 Å². The quantitative estimate of drug-likeness (QED) is 0.893. The zero-order valence-corrected chi connectivity index (χ0v) is 13.2. The van der Waals surface area contributed by atoms with Crippen molar-refractivity contribution in [3.05, 3.63) is 27.7 Å². The molecule has 0 heterocycles. The van der Waals surface area contributed by atoms with Crippen molar-refractivity contribution in [2.75, 3.05) is 7.11 Å². The number of carbonyl (C=O) groups is 1. The highest BCUT2D eigenvalue weighted by Crippen LogP contribution is 2.52. The van der Waals surface area contributed by atoms with Gasteiger partial charge in [0.1, 0.15) is 5.75 Å². The fourth-order valence-corrected chi connectivity index (χ4v) is 4.03. The van der Waals surface area contributed by atoms with Crippen LogP contribution in [-0.4, -0.2) is 18.2 Å². The van der Waals surface area contributed by atoms with Crippen LogP contribution in [0.1, 0.15) is 55.6 Å². The third kappa shape index (κ3) is 2.14. The first-order valence-electron chi connectivity index (χ1n) is 7.20. The molecule has 2 fully saturated rings. The van der Waals surface area contributed by atoms with E-state index in [1.807, 2.05) is 6.07 Å². The molecule has 2 saturated carbocycles. The minimum atomic E-state index is -0.702. The summed E-state index contributed by atoms with van der Waals surface area (Å²) in [6, 6.07) is 4.01. The number of ether oxygens (including phenoxy) is 1. The molecule has 0 saturated heterocycles. The van der Waals surface area contributed by atoms with Crippen molar-refractivity contribution in [2.45, 2.75) is 49.9 Å². The van der Waals surface area contributed by atoms with Crippen molar-refractivity contribution in [1.29, 1.82) is 0 Å². The van der Waals surface area contributed by atoms with E-state index in [2.05, 4.69) is 22.0 Å². The van der Waals surface area contributed by atoms with Gasteiger partial charge < -0.3 is 9.84 Å². The number of carboxylic acid groups (broad SMARTS) is 1. The maximum atomic E-state index is 11.5. The molecule has 1 N–H and O–H groups in total. The normalized spacial score (nSPS) is 20.9. The number of hydrogen-bond acceptors (Lipinski definition) is 2. The maximum Gasteiger partial charge on any atom is 0.314 e. The van der Waals surface area contributed by atoms with Crippen molar-refractivity contribution in [1.82, 2.24) is 0 Å². The van der Waals surface area contributed by atoms with Crippen molar-refractivity contribution in [3.8, 4) is 5.75 Å². The highest BCUT2D eigenvalue weighted by atomic mass is 79.9. The minimum Gasteiger partial charge on any atom is -0.495 e. The van der Waals surface area contributed by atoms with Gasteiger partial charge in [0.25, 0.3) is 0 Å². The molecule has 3 rings (SSSR count). The number of halogens is 1. The van der Waals surface area contributed by atoms with Crippen LogP contribution in [-0.2, 0) is 10.2 Å². The van der Waals surface area contributed by atoms with E-state index in [1.54, 1.807) is 7.11 Å². The smallest absolute Gasteiger partial charge is 0.314 e. The van der Waals surface area contributed by atoms with Gasteiger partial charge >= 0.3 is 5.97 Å². The van der Waals surface area contributed by atoms with E-state index in [9.17, 15) is 9.90 Å². The highest BCUT2D eigenvalue weighted by Gasteiger charge is 2.52. The first-order chi connectivity index (χ1) is 9.58. The molecule has 0 spiro atoms. The van der Waals surface area contributed by atoms with Gasteiger partial charge in [0, 0.05) is 0 Å². The van der Waals surface area contributed by atoms with Gasteiger partial charge in [-0.1, -0.05) is 18.9 Å². The molecular weight excluding hydrogens is 320 g/mol. The zero-order valence-electron chi connectivity index (χ0n) is 11.6. The summed E-state index contributed by atoms with van der Waals surface area (Å²) in [5.41, 5.74) is 1.46. The number of benzene rings is 1. The Morgan fingerprint density at radius 3 is 2.50 bits per heavy atom. The molecule has 20 heavy (non-hydrogen) atoms. The molecule has 0 radical (unpaired) electrons. The van der Waals surface area contributed by atoms with Crippen molar-refractivity contribution in [3.63, 3.8) is 0 Å². The lowest BCUT2D eigenvalue weighted by atomic mass is 9.89. The van der Waals surface area contributed by atoms with Crippen molar-refractivity contribution >= 4 is 21.9 Å². The summed E-state index contributed by atoms with van der Waals surface area (Å²) >= 11 is 3.56. The van der Waals surface area contributed by atoms with Gasteiger partial charge in [-0.3, -0.25) is 4.79 Å². The summed E-state index contributed by atoms with van der Waals surface area (Å²) in [6.07, 6.45) is 6.33. The second-order valence-corrected chi connectivity index (χ2v) is 6.80. The summed E-state index contributed by atoms with van der Waals surface area (Å²) in [6.45, 7) is 0. The maximum absolute atomic E-state index is 11.5. The standard InChI is InChI=1S/C16H19BrO3/c1-20-14-12(10-4-2-3-5-10)8-11(9-13(14)17)16(6-7-16)15(18)19/h8-10H,2-7H2,1H3,(H,18,19). The van der Waals surface area contributed by atoms with Gasteiger partial charge in [-0.05, 0) is 64.7 Å². The predicted octanol–water partition coefficient (Wildman–Crippen LogP) is 4.23. The van der Waals surface area contributed by atoms with Crippen molar-refractivity contribution in [2.24, 2.45) is 0 Å². The van der Waals surface area contributed by atoms with Gasteiger partial charge in [0.2, 0.25) is 0 Å². The summed E-state index contributed by atoms with van der Waals surface area (Å²) in [5.74, 6) is 0.680. The van der Waals surface area contributed by atoms with Crippen LogP contribution in [0.4, 0.5) is 0 Å². The van der Waals surface area contributed by atoms with Crippen LogP contribution in [0.15, 0.2) is 16.6 Å². The number of hydrogen-bond donors (Lipinski definition) is 1. The monoisotopic (exact) mass is 338 g/mol. The Labute approximate surface area is 127 Å². The van der Waals surface area contributed by atoms with Crippen LogP contribution in [0.3, 0.4) is 0 Å². The predicted molar refractivity (Wildman–Crippen MR) is 80.5 cm³/mol. The van der Waals surface area contributed by atoms with E-state index in [4.69, 9.17) is 4.74 Å². The molecule has 0 aliphatic heterocycles. The molecule has 0 unspecified atom stereocenters. The third-order valence-corrected chi connectivity index (χ3v) is 5.37. The largest absolute Gasteiger partial charge is 0.495 e. The number of aliphatic carboxylic acids is 1. The second-order valence-electron chi connectivity index (χ2n) is 5.95. The summed E-state index contributed by atoms with van der Waals surface area (Å²) < 4.78 is 6.42. The Bertz CT molecular complexity index is 543.